The number of imidazole rings is 1. The number of nitrogens with one attached hydrogen (secondary N) is 1. The van der Waals surface area contributed by atoms with Crippen LogP contribution in [0.2, 0.25) is 0 Å². The van der Waals surface area contributed by atoms with Crippen molar-refractivity contribution in [2.24, 2.45) is 5.92 Å². The molecule has 0 spiro atoms. The minimum Gasteiger partial charge on any atom is -0.382 e. The minimum absolute atomic E-state index is 0.0694. The number of fused-ring (bicyclic) bond motifs is 1. The molecule has 5 atom stereocenters. The minimum atomic E-state index is -1.43. The molecule has 0 bridgehead atoms. The van der Waals surface area contributed by atoms with E-state index < -0.39 is 14.8 Å². The van der Waals surface area contributed by atoms with Gasteiger partial charge in [0.1, 0.15) is 19.0 Å². The molecule has 1 saturated heterocycles. The van der Waals surface area contributed by atoms with E-state index in [4.69, 9.17) is 29.8 Å². The van der Waals surface area contributed by atoms with Crippen molar-refractivity contribution in [2.45, 2.75) is 65.1 Å². The fourth-order valence-electron chi connectivity index (χ4n) is 5.11. The van der Waals surface area contributed by atoms with Gasteiger partial charge in [-0.2, -0.15) is 0 Å². The van der Waals surface area contributed by atoms with Crippen molar-refractivity contribution in [3.63, 3.8) is 0 Å². The number of nitrogens with zero attached hydrogens (tertiary/aromatic N) is 6. The van der Waals surface area contributed by atoms with Gasteiger partial charge < -0.3 is 33.4 Å². The number of amides is 1. The lowest BCUT2D eigenvalue weighted by molar-refractivity contribution is -0.0749. The van der Waals surface area contributed by atoms with Crippen molar-refractivity contribution >= 4 is 31.4 Å². The van der Waals surface area contributed by atoms with Gasteiger partial charge in [-0.1, -0.05) is 25.1 Å². The van der Waals surface area contributed by atoms with Crippen molar-refractivity contribution in [1.29, 1.82) is 0 Å². The fourth-order valence-corrected chi connectivity index (χ4v) is 6.72. The van der Waals surface area contributed by atoms with Crippen LogP contribution in [0.15, 0.2) is 43.0 Å². The lowest BCUT2D eigenvalue weighted by Crippen LogP contribution is -2.35. The van der Waals surface area contributed by atoms with Gasteiger partial charge in [0.2, 0.25) is 6.54 Å². The Hall–Kier alpha value is -3.08. The Morgan fingerprint density at radius 1 is 1.11 bits per heavy atom. The first-order valence-corrected chi connectivity index (χ1v) is 15.9. The number of hydrogen-bond acceptors (Lipinski definition) is 10. The molecule has 3 heterocycles. The second-order valence-corrected chi connectivity index (χ2v) is 12.4. The molecule has 1 N–H and O–H groups in total. The van der Waals surface area contributed by atoms with Crippen LogP contribution in [0.25, 0.3) is 16.0 Å². The maximum absolute atomic E-state index is 12.8. The van der Waals surface area contributed by atoms with Gasteiger partial charge in [-0.15, -0.1) is 0 Å². The summed E-state index contributed by atoms with van der Waals surface area (Å²) in [5, 5.41) is 2.85. The Labute approximate surface area is 260 Å². The van der Waals surface area contributed by atoms with Gasteiger partial charge in [-0.05, 0) is 39.8 Å². The molecule has 44 heavy (non-hydrogen) atoms. The molecular formula is C30H42N7O6P. The zero-order valence-corrected chi connectivity index (χ0v) is 27.0. The Kier molecular flexibility index (Phi) is 12.5. The molecule has 1 aliphatic heterocycles. The van der Waals surface area contributed by atoms with Crippen LogP contribution >= 0.6 is 8.53 Å². The lowest BCUT2D eigenvalue weighted by Gasteiger charge is -2.36. The lowest BCUT2D eigenvalue weighted by atomic mass is 10.0. The van der Waals surface area contributed by atoms with Crippen molar-refractivity contribution in [2.75, 3.05) is 45.4 Å². The molecule has 4 rings (SSSR count). The van der Waals surface area contributed by atoms with Crippen LogP contribution in [0.4, 0.5) is 5.82 Å². The van der Waals surface area contributed by atoms with E-state index in [-0.39, 0.29) is 49.3 Å². The van der Waals surface area contributed by atoms with Gasteiger partial charge in [0.15, 0.2) is 23.2 Å². The second kappa shape index (κ2) is 16.3. The smallest absolute Gasteiger partial charge is 0.259 e. The molecule has 3 aromatic rings. The van der Waals surface area contributed by atoms with Crippen molar-refractivity contribution in [3.8, 4) is 0 Å². The fraction of sp³-hybridized carbons (Fsp3) is 0.567. The van der Waals surface area contributed by atoms with Gasteiger partial charge in [0.25, 0.3) is 14.4 Å². The predicted molar refractivity (Wildman–Crippen MR) is 167 cm³/mol. The number of hydrogen-bond donors (Lipinski definition) is 1. The van der Waals surface area contributed by atoms with Crippen molar-refractivity contribution < 1.29 is 28.1 Å². The van der Waals surface area contributed by atoms with E-state index in [1.807, 2.05) is 10.6 Å². The van der Waals surface area contributed by atoms with E-state index in [1.165, 1.54) is 6.33 Å². The second-order valence-electron chi connectivity index (χ2n) is 10.9. The monoisotopic (exact) mass is 627 g/mol. The zero-order valence-electron chi connectivity index (χ0n) is 26.1. The summed E-state index contributed by atoms with van der Waals surface area (Å²) in [5.74, 6) is -0.0640. The highest BCUT2D eigenvalue weighted by atomic mass is 31.2. The third kappa shape index (κ3) is 8.14. The number of aromatic nitrogens is 4. The van der Waals surface area contributed by atoms with Crippen LogP contribution in [0.5, 0.6) is 0 Å². The van der Waals surface area contributed by atoms with Crippen molar-refractivity contribution in [3.05, 3.63) is 60.0 Å². The van der Waals surface area contributed by atoms with Crippen LogP contribution in [0.3, 0.4) is 0 Å². The highest BCUT2D eigenvalue weighted by Gasteiger charge is 2.45. The molecule has 0 radical (unpaired) electrons. The maximum Gasteiger partial charge on any atom is 0.259 e. The van der Waals surface area contributed by atoms with E-state index in [2.05, 4.69) is 64.4 Å². The average Bonchev–Trinajstić information content (AvgIpc) is 3.57. The van der Waals surface area contributed by atoms with Crippen LogP contribution < -0.4 is 5.32 Å². The molecule has 1 aromatic carbocycles. The highest BCUT2D eigenvalue weighted by Crippen LogP contribution is 2.47. The molecule has 13 nitrogen and oxygen atoms in total. The van der Waals surface area contributed by atoms with Crippen LogP contribution in [0.1, 0.15) is 51.2 Å². The molecule has 0 saturated carbocycles. The Morgan fingerprint density at radius 3 is 2.55 bits per heavy atom. The summed E-state index contributed by atoms with van der Waals surface area (Å²) in [4.78, 5) is 29.6. The largest absolute Gasteiger partial charge is 0.382 e. The quantitative estimate of drug-likeness (QED) is 0.133. The van der Waals surface area contributed by atoms with E-state index in [0.29, 0.717) is 42.4 Å². The van der Waals surface area contributed by atoms with Crippen LogP contribution in [-0.2, 0) is 23.3 Å². The SMILES string of the molecule is [C-]#[N+]CCOP(OC[C@H]1O[C@@H](n2cnc3c(NC(=O)c4ccccc4)ncnc32)[C@H](OCCOC)[C@@H]1C)N(C(C)C)C(C)C. The third-order valence-corrected chi connectivity index (χ3v) is 9.27. The van der Waals surface area contributed by atoms with Gasteiger partial charge in [0.05, 0.1) is 32.3 Å². The summed E-state index contributed by atoms with van der Waals surface area (Å²) >= 11 is 0. The molecule has 14 heteroatoms. The van der Waals surface area contributed by atoms with Crippen molar-refractivity contribution in [1.82, 2.24) is 24.2 Å². The maximum atomic E-state index is 12.8. The summed E-state index contributed by atoms with van der Waals surface area (Å²) in [6, 6.07) is 9.27. The number of benzene rings is 1. The summed E-state index contributed by atoms with van der Waals surface area (Å²) in [6.45, 7) is 19.2. The molecular weight excluding hydrogens is 585 g/mol. The first-order valence-electron chi connectivity index (χ1n) is 14.7. The molecule has 1 unspecified atom stereocenters. The standard InChI is InChI=1S/C30H42N7O6P/c1-20(2)37(21(3)4)44(41-14-13-31-6)42-17-24-22(5)26(40-16-15-39-7)30(43-24)36-19-34-25-27(32-18-33-28(25)36)35-29(38)23-11-9-8-10-12-23/h8-12,18-22,24,26,30H,13-17H2,1-5,7H3,(H,32,33,35,38)/t22-,24-,26-,30-,44?/m1/s1. The number of carbonyl (C=O) groups excluding carboxylic acids is 1. The van der Waals surface area contributed by atoms with E-state index in [1.54, 1.807) is 37.7 Å². The summed E-state index contributed by atoms with van der Waals surface area (Å²) in [7, 11) is 0.200. The van der Waals surface area contributed by atoms with Gasteiger partial charge >= 0.3 is 0 Å². The van der Waals surface area contributed by atoms with Crippen LogP contribution in [0, 0.1) is 12.5 Å². The van der Waals surface area contributed by atoms with Gasteiger partial charge in [-0.3, -0.25) is 9.36 Å². The molecule has 0 aliphatic carbocycles. The molecule has 238 valence electrons. The molecule has 1 fully saturated rings. The van der Waals surface area contributed by atoms with Gasteiger partial charge in [0, 0.05) is 30.7 Å². The zero-order chi connectivity index (χ0) is 31.6. The predicted octanol–water partition coefficient (Wildman–Crippen LogP) is 4.94. The number of methoxy groups -OCH3 is 1. The van der Waals surface area contributed by atoms with E-state index >= 15 is 0 Å². The average molecular weight is 628 g/mol. The summed E-state index contributed by atoms with van der Waals surface area (Å²) in [6.07, 6.45) is 1.74. The number of rotatable bonds is 16. The molecule has 1 amide bonds. The number of ether oxygens (including phenoxy) is 3. The normalized spacial score (nSPS) is 20.9. The molecule has 2 aromatic heterocycles. The summed E-state index contributed by atoms with van der Waals surface area (Å²) < 4.78 is 34.7. The topological polar surface area (TPSA) is 126 Å². The number of carbonyl (C=O) groups is 1. The molecule has 1 aliphatic rings. The number of anilines is 1. The van der Waals surface area contributed by atoms with E-state index in [0.717, 1.165) is 0 Å². The highest BCUT2D eigenvalue weighted by molar-refractivity contribution is 7.44. The Bertz CT molecular complexity index is 1380. The van der Waals surface area contributed by atoms with Crippen LogP contribution in [-0.4, -0.2) is 94.5 Å². The third-order valence-electron chi connectivity index (χ3n) is 7.20. The van der Waals surface area contributed by atoms with Gasteiger partial charge in [-0.25, -0.2) is 26.2 Å². The van der Waals surface area contributed by atoms with E-state index in [9.17, 15) is 4.79 Å². The Morgan fingerprint density at radius 2 is 1.86 bits per heavy atom. The first kappa shape index (κ1) is 33.8. The Balaban J connectivity index is 1.57. The first-order chi connectivity index (χ1) is 21.3. The summed E-state index contributed by atoms with van der Waals surface area (Å²) in [5.41, 5.74) is 1.44.